The summed E-state index contributed by atoms with van der Waals surface area (Å²) in [6, 6.07) is 0. The summed E-state index contributed by atoms with van der Waals surface area (Å²) in [6.45, 7) is 16.1. The molecular weight excluding hydrogens is 279 g/mol. The standard InChI is InChI=1S/2C7H13NO.V/c1-7(2,3)8-5-4-6(8)9;1-6(9)8(5)7(2,3)4;/h4-5H2,1-3H3;1,5H2,2-4H3;/q;-2;+2. The summed E-state index contributed by atoms with van der Waals surface area (Å²) in [4.78, 5) is 24.6. The van der Waals surface area contributed by atoms with E-state index in [1.54, 1.807) is 0 Å². The molecule has 1 heterocycles. The first-order valence-electron chi connectivity index (χ1n) is 6.14. The fourth-order valence-corrected chi connectivity index (χ4v) is 1.40. The number of β-lactam (4-membered cyclic amide) rings is 1. The van der Waals surface area contributed by atoms with E-state index in [9.17, 15) is 9.59 Å². The van der Waals surface area contributed by atoms with Crippen LogP contribution in [0.2, 0.25) is 0 Å². The van der Waals surface area contributed by atoms with Gasteiger partial charge in [-0.2, -0.15) is 0 Å². The van der Waals surface area contributed by atoms with Crippen molar-refractivity contribution in [1.29, 1.82) is 0 Å². The molecule has 0 bridgehead atoms. The van der Waals surface area contributed by atoms with Crippen molar-refractivity contribution in [2.45, 2.75) is 59.0 Å². The van der Waals surface area contributed by atoms with Crippen LogP contribution in [-0.2, 0) is 28.1 Å². The van der Waals surface area contributed by atoms with Crippen LogP contribution in [0.5, 0.6) is 0 Å². The predicted molar refractivity (Wildman–Crippen MR) is 73.4 cm³/mol. The van der Waals surface area contributed by atoms with Crippen molar-refractivity contribution in [3.8, 4) is 0 Å². The van der Waals surface area contributed by atoms with Crippen molar-refractivity contribution in [2.75, 3.05) is 6.54 Å². The molecule has 0 aromatic rings. The fraction of sp³-hybridized carbons (Fsp3) is 0.714. The first-order valence-corrected chi connectivity index (χ1v) is 6.14. The summed E-state index contributed by atoms with van der Waals surface area (Å²) in [6.07, 6.45) is 0.747. The molecule has 1 saturated heterocycles. The van der Waals surface area contributed by atoms with E-state index in [1.165, 1.54) is 4.90 Å². The molecule has 19 heavy (non-hydrogen) atoms. The summed E-state index contributed by atoms with van der Waals surface area (Å²) in [5.74, 6) is 0.0463. The Bertz CT molecular complexity index is 296. The van der Waals surface area contributed by atoms with Crippen molar-refractivity contribution < 1.29 is 28.1 Å². The van der Waals surface area contributed by atoms with Gasteiger partial charge in [-0.15, -0.1) is 0 Å². The van der Waals surface area contributed by atoms with E-state index >= 15 is 0 Å². The summed E-state index contributed by atoms with van der Waals surface area (Å²) >= 11 is 0. The molecule has 0 N–H and O–H groups in total. The number of likely N-dealkylation sites (tertiary alicyclic amines) is 1. The summed E-state index contributed by atoms with van der Waals surface area (Å²) in [7, 11) is 3.53. The molecule has 5 heteroatoms. The molecule has 0 spiro atoms. The van der Waals surface area contributed by atoms with Gasteiger partial charge in [0.2, 0.25) is 5.91 Å². The minimum absolute atomic E-state index is 0. The molecule has 1 aliphatic rings. The Balaban J connectivity index is 0. The smallest absolute Gasteiger partial charge is 0.517 e. The molecule has 1 radical (unpaired) electrons. The van der Waals surface area contributed by atoms with E-state index in [4.69, 9.17) is 0 Å². The van der Waals surface area contributed by atoms with Gasteiger partial charge in [-0.3, -0.25) is 11.8 Å². The molecule has 0 atom stereocenters. The Labute approximate surface area is 129 Å². The van der Waals surface area contributed by atoms with Crippen molar-refractivity contribution in [1.82, 2.24) is 9.80 Å². The van der Waals surface area contributed by atoms with Crippen molar-refractivity contribution >= 4 is 11.8 Å². The molecule has 0 aromatic carbocycles. The maximum absolute atomic E-state index is 10.8. The van der Waals surface area contributed by atoms with Gasteiger partial charge in [-0.25, -0.2) is 0 Å². The summed E-state index contributed by atoms with van der Waals surface area (Å²) in [5, 5.41) is 0. The monoisotopic (exact) mass is 305 g/mol. The quantitative estimate of drug-likeness (QED) is 0.509. The number of amides is 2. The van der Waals surface area contributed by atoms with E-state index in [-0.39, 0.29) is 35.5 Å². The number of carbonyl (C=O) groups is 2. The number of hydrogen-bond acceptors (Lipinski definition) is 2. The van der Waals surface area contributed by atoms with Gasteiger partial charge in [0, 0.05) is 24.0 Å². The molecule has 2 amide bonds. The Morgan fingerprint density at radius 3 is 1.63 bits per heavy atom. The molecule has 0 saturated carbocycles. The second-order valence-electron chi connectivity index (χ2n) is 6.46. The maximum Gasteiger partial charge on any atom is 2.00 e. The first-order chi connectivity index (χ1) is 7.87. The van der Waals surface area contributed by atoms with Crippen LogP contribution in [0.25, 0.3) is 0 Å². The van der Waals surface area contributed by atoms with Gasteiger partial charge >= 0.3 is 18.6 Å². The zero-order valence-electron chi connectivity index (χ0n) is 13.0. The third kappa shape index (κ3) is 6.93. The molecule has 4 nitrogen and oxygen atoms in total. The van der Waals surface area contributed by atoms with Crippen molar-refractivity contribution in [3.05, 3.63) is 14.0 Å². The van der Waals surface area contributed by atoms with E-state index in [0.29, 0.717) is 5.91 Å². The van der Waals surface area contributed by atoms with Gasteiger partial charge in [0.15, 0.2) is 0 Å². The van der Waals surface area contributed by atoms with Gasteiger partial charge in [0.25, 0.3) is 0 Å². The second kappa shape index (κ2) is 7.25. The van der Waals surface area contributed by atoms with E-state index in [0.717, 1.165) is 13.0 Å². The third-order valence-corrected chi connectivity index (χ3v) is 2.77. The molecule has 0 aliphatic carbocycles. The van der Waals surface area contributed by atoms with Crippen LogP contribution >= 0.6 is 0 Å². The average Bonchev–Trinajstić information content (AvgIpc) is 2.10. The molecule has 1 fully saturated rings. The molecule has 0 unspecified atom stereocenters. The molecular formula is C14H26N2O2V. The predicted octanol–water partition coefficient (Wildman–Crippen LogP) is 2.25. The second-order valence-corrected chi connectivity index (χ2v) is 6.46. The number of carbonyl (C=O) groups excluding carboxylic acids is 2. The van der Waals surface area contributed by atoms with Crippen molar-refractivity contribution in [2.24, 2.45) is 0 Å². The van der Waals surface area contributed by atoms with E-state index in [1.807, 2.05) is 25.7 Å². The Hall–Kier alpha value is -0.606. The normalized spacial score (nSPS) is 14.7. The van der Waals surface area contributed by atoms with Crippen LogP contribution in [0.15, 0.2) is 0 Å². The minimum atomic E-state index is -0.248. The summed E-state index contributed by atoms with van der Waals surface area (Å²) < 4.78 is 0. The number of nitrogens with zero attached hydrogens (tertiary/aromatic N) is 2. The van der Waals surface area contributed by atoms with Crippen LogP contribution in [0.1, 0.15) is 48.0 Å². The Morgan fingerprint density at radius 1 is 1.21 bits per heavy atom. The largest absolute Gasteiger partial charge is 2.00 e. The van der Waals surface area contributed by atoms with E-state index in [2.05, 4.69) is 34.7 Å². The van der Waals surface area contributed by atoms with Gasteiger partial charge in [-0.05, 0) is 41.5 Å². The fourth-order valence-electron chi connectivity index (χ4n) is 1.40. The Kier molecular flexibility index (Phi) is 7.90. The SMILES string of the molecule is CC(C)(C)N1CCC1=O.[CH2-]C(=O)N([CH2-])C(C)(C)C.[V+2]. The van der Waals surface area contributed by atoms with Crippen LogP contribution in [0.3, 0.4) is 0 Å². The Morgan fingerprint density at radius 2 is 1.63 bits per heavy atom. The molecule has 109 valence electrons. The van der Waals surface area contributed by atoms with Crippen LogP contribution in [-0.4, -0.2) is 39.2 Å². The van der Waals surface area contributed by atoms with Gasteiger partial charge in [0.1, 0.15) is 0 Å². The topological polar surface area (TPSA) is 40.6 Å². The molecule has 0 aromatic heterocycles. The van der Waals surface area contributed by atoms with Gasteiger partial charge in [0.05, 0.1) is 5.91 Å². The van der Waals surface area contributed by atoms with Gasteiger partial charge in [-0.1, -0.05) is 0 Å². The molecule has 1 rings (SSSR count). The number of hydrogen-bond donors (Lipinski definition) is 0. The van der Waals surface area contributed by atoms with Gasteiger partial charge < -0.3 is 21.5 Å². The van der Waals surface area contributed by atoms with Crippen LogP contribution in [0.4, 0.5) is 0 Å². The van der Waals surface area contributed by atoms with Crippen LogP contribution < -0.4 is 0 Å². The zero-order valence-corrected chi connectivity index (χ0v) is 14.4. The first kappa shape index (κ1) is 20.7. The molecule has 1 aliphatic heterocycles. The number of rotatable bonds is 0. The van der Waals surface area contributed by atoms with Crippen molar-refractivity contribution in [3.63, 3.8) is 0 Å². The zero-order chi connectivity index (χ0) is 14.7. The third-order valence-electron chi connectivity index (χ3n) is 2.77. The maximum atomic E-state index is 10.8. The van der Waals surface area contributed by atoms with Crippen LogP contribution in [0, 0.1) is 14.0 Å². The average molecular weight is 305 g/mol. The van der Waals surface area contributed by atoms with E-state index < -0.39 is 0 Å². The summed E-state index contributed by atoms with van der Waals surface area (Å²) in [5.41, 5.74) is -0.159. The minimum Gasteiger partial charge on any atom is -0.517 e.